The van der Waals surface area contributed by atoms with Gasteiger partial charge in [0.2, 0.25) is 0 Å². The zero-order valence-electron chi connectivity index (χ0n) is 8.45. The highest BCUT2D eigenvalue weighted by Crippen LogP contribution is 2.10. The molecule has 0 aliphatic carbocycles. The Morgan fingerprint density at radius 3 is 2.60 bits per heavy atom. The minimum absolute atomic E-state index is 0.481. The van der Waals surface area contributed by atoms with E-state index in [9.17, 15) is 20.0 Å². The first kappa shape index (κ1) is 11.4. The van der Waals surface area contributed by atoms with Gasteiger partial charge in [-0.25, -0.2) is 0 Å². The van der Waals surface area contributed by atoms with Crippen LogP contribution in [0.4, 0.5) is 5.69 Å². The van der Waals surface area contributed by atoms with Gasteiger partial charge in [-0.2, -0.15) is 0 Å². The van der Waals surface area contributed by atoms with Gasteiger partial charge >= 0.3 is 11.2 Å². The molecule has 2 atom stereocenters. The molecule has 0 bridgehead atoms. The molecular formula is C9H12N2O4. The molecule has 0 spiro atoms. The van der Waals surface area contributed by atoms with E-state index in [0.29, 0.717) is 0 Å². The molecule has 0 radical (unpaired) electrons. The van der Waals surface area contributed by atoms with E-state index in [0.717, 1.165) is 10.6 Å². The summed E-state index contributed by atoms with van der Waals surface area (Å²) in [6.45, 7) is 3.14. The number of hydrogen-bond acceptors (Lipinski definition) is 4. The van der Waals surface area contributed by atoms with E-state index < -0.39 is 28.3 Å². The van der Waals surface area contributed by atoms with Crippen molar-refractivity contribution < 1.29 is 10.0 Å². The van der Waals surface area contributed by atoms with Gasteiger partial charge in [-0.3, -0.25) is 14.9 Å². The molecule has 0 saturated heterocycles. The molecule has 0 saturated carbocycles. The molecule has 1 N–H and O–H groups in total. The molecule has 1 heterocycles. The van der Waals surface area contributed by atoms with Crippen LogP contribution in [-0.2, 0) is 0 Å². The summed E-state index contributed by atoms with van der Waals surface area (Å²) in [5.41, 5.74) is -1.18. The van der Waals surface area contributed by atoms with Crippen LogP contribution in [0.5, 0.6) is 0 Å². The Morgan fingerprint density at radius 2 is 2.13 bits per heavy atom. The highest BCUT2D eigenvalue weighted by molar-refractivity contribution is 5.25. The Kier molecular flexibility index (Phi) is 3.21. The first-order chi connectivity index (χ1) is 6.95. The predicted molar refractivity (Wildman–Crippen MR) is 53.7 cm³/mol. The molecule has 0 aliphatic rings. The molecule has 15 heavy (non-hydrogen) atoms. The van der Waals surface area contributed by atoms with E-state index in [4.69, 9.17) is 0 Å². The first-order valence-electron chi connectivity index (χ1n) is 4.48. The third-order valence-corrected chi connectivity index (χ3v) is 2.29. The topological polar surface area (TPSA) is 85.4 Å². The molecule has 2 unspecified atom stereocenters. The summed E-state index contributed by atoms with van der Waals surface area (Å²) in [6, 6.07) is 2.07. The third kappa shape index (κ3) is 2.21. The quantitative estimate of drug-likeness (QED) is 0.590. The molecule has 0 aliphatic heterocycles. The average Bonchev–Trinajstić information content (AvgIpc) is 2.16. The average molecular weight is 212 g/mol. The van der Waals surface area contributed by atoms with Gasteiger partial charge < -0.3 is 9.67 Å². The molecular weight excluding hydrogens is 200 g/mol. The maximum atomic E-state index is 11.6. The van der Waals surface area contributed by atoms with Gasteiger partial charge in [0, 0.05) is 12.3 Å². The highest BCUT2D eigenvalue weighted by Gasteiger charge is 2.18. The summed E-state index contributed by atoms with van der Waals surface area (Å²) in [5, 5.41) is 19.8. The smallest absolute Gasteiger partial charge is 0.334 e. The van der Waals surface area contributed by atoms with Crippen LogP contribution in [0, 0.1) is 10.1 Å². The maximum absolute atomic E-state index is 11.6. The fraction of sp³-hybridized carbons (Fsp3) is 0.444. The van der Waals surface area contributed by atoms with Crippen LogP contribution in [0.3, 0.4) is 0 Å². The number of hydrogen-bond donors (Lipinski definition) is 1. The second kappa shape index (κ2) is 4.22. The van der Waals surface area contributed by atoms with Crippen molar-refractivity contribution in [3.63, 3.8) is 0 Å². The van der Waals surface area contributed by atoms with E-state index in [1.54, 1.807) is 6.92 Å². The van der Waals surface area contributed by atoms with Gasteiger partial charge in [0.15, 0.2) is 0 Å². The maximum Gasteiger partial charge on any atom is 0.334 e. The first-order valence-corrected chi connectivity index (χ1v) is 4.48. The highest BCUT2D eigenvalue weighted by atomic mass is 16.6. The van der Waals surface area contributed by atoms with E-state index in [1.807, 2.05) is 0 Å². The summed E-state index contributed by atoms with van der Waals surface area (Å²) in [4.78, 5) is 21.3. The van der Waals surface area contributed by atoms with Crippen LogP contribution in [-0.4, -0.2) is 20.7 Å². The molecule has 6 heteroatoms. The van der Waals surface area contributed by atoms with Crippen molar-refractivity contribution in [1.82, 2.24) is 4.57 Å². The SMILES string of the molecule is CC(O)C(C)n1cccc([N+](=O)[O-])c1=O. The Balaban J connectivity index is 3.27. The van der Waals surface area contributed by atoms with Crippen LogP contribution >= 0.6 is 0 Å². The summed E-state index contributed by atoms with van der Waals surface area (Å²) in [6.07, 6.45) is 0.678. The fourth-order valence-electron chi connectivity index (χ4n) is 1.19. The molecule has 0 amide bonds. The van der Waals surface area contributed by atoms with Crippen molar-refractivity contribution in [2.75, 3.05) is 0 Å². The van der Waals surface area contributed by atoms with Gasteiger partial charge in [-0.15, -0.1) is 0 Å². The predicted octanol–water partition coefficient (Wildman–Crippen LogP) is 0.698. The van der Waals surface area contributed by atoms with Crippen molar-refractivity contribution in [3.05, 3.63) is 38.8 Å². The van der Waals surface area contributed by atoms with Gasteiger partial charge in [-0.1, -0.05) is 0 Å². The molecule has 1 rings (SSSR count). The lowest BCUT2D eigenvalue weighted by molar-refractivity contribution is -0.386. The second-order valence-electron chi connectivity index (χ2n) is 3.34. The third-order valence-electron chi connectivity index (χ3n) is 2.29. The fourth-order valence-corrected chi connectivity index (χ4v) is 1.19. The van der Waals surface area contributed by atoms with Gasteiger partial charge in [0.1, 0.15) is 0 Å². The number of pyridine rings is 1. The Hall–Kier alpha value is -1.69. The van der Waals surface area contributed by atoms with E-state index in [2.05, 4.69) is 0 Å². The zero-order valence-corrected chi connectivity index (χ0v) is 8.45. The Morgan fingerprint density at radius 1 is 1.53 bits per heavy atom. The summed E-state index contributed by atoms with van der Waals surface area (Å²) >= 11 is 0. The van der Waals surface area contributed by atoms with Crippen molar-refractivity contribution in [1.29, 1.82) is 0 Å². The van der Waals surface area contributed by atoms with Crippen molar-refractivity contribution in [2.24, 2.45) is 0 Å². The van der Waals surface area contributed by atoms with Crippen LogP contribution in [0.15, 0.2) is 23.1 Å². The molecule has 82 valence electrons. The minimum Gasteiger partial charge on any atom is -0.391 e. The number of rotatable bonds is 3. The number of nitro groups is 1. The lowest BCUT2D eigenvalue weighted by Gasteiger charge is -2.16. The number of nitrogens with zero attached hydrogens (tertiary/aromatic N) is 2. The molecule has 6 nitrogen and oxygen atoms in total. The monoisotopic (exact) mass is 212 g/mol. The summed E-state index contributed by atoms with van der Waals surface area (Å²) in [5.74, 6) is 0. The van der Waals surface area contributed by atoms with Crippen LogP contribution in [0.1, 0.15) is 19.9 Å². The second-order valence-corrected chi connectivity index (χ2v) is 3.34. The van der Waals surface area contributed by atoms with E-state index >= 15 is 0 Å². The van der Waals surface area contributed by atoms with Gasteiger partial charge in [0.05, 0.1) is 17.1 Å². The lowest BCUT2D eigenvalue weighted by atomic mass is 10.2. The Bertz CT molecular complexity index is 424. The number of aromatic nitrogens is 1. The van der Waals surface area contributed by atoms with Crippen molar-refractivity contribution in [2.45, 2.75) is 26.0 Å². The summed E-state index contributed by atoms with van der Waals surface area (Å²) in [7, 11) is 0. The zero-order chi connectivity index (χ0) is 11.6. The van der Waals surface area contributed by atoms with Crippen LogP contribution < -0.4 is 5.56 Å². The minimum atomic E-state index is -0.746. The molecule has 0 aromatic carbocycles. The number of aliphatic hydroxyl groups excluding tert-OH is 1. The van der Waals surface area contributed by atoms with Crippen LogP contribution in [0.2, 0.25) is 0 Å². The van der Waals surface area contributed by atoms with Crippen LogP contribution in [0.25, 0.3) is 0 Å². The Labute approximate surface area is 85.9 Å². The van der Waals surface area contributed by atoms with Gasteiger partial charge in [-0.05, 0) is 19.9 Å². The normalized spacial score (nSPS) is 14.6. The molecule has 1 aromatic rings. The van der Waals surface area contributed by atoms with E-state index in [-0.39, 0.29) is 0 Å². The molecule has 0 fully saturated rings. The lowest BCUT2D eigenvalue weighted by Crippen LogP contribution is -2.29. The van der Waals surface area contributed by atoms with Crippen molar-refractivity contribution in [3.8, 4) is 0 Å². The summed E-state index contributed by atoms with van der Waals surface area (Å²) < 4.78 is 1.16. The van der Waals surface area contributed by atoms with E-state index in [1.165, 1.54) is 19.2 Å². The number of aliphatic hydroxyl groups is 1. The standard InChI is InChI=1S/C9H12N2O4/c1-6(7(2)12)10-5-3-4-8(9(10)13)11(14)15/h3-7,12H,1-2H3. The largest absolute Gasteiger partial charge is 0.391 e. The molecule has 1 aromatic heterocycles. The van der Waals surface area contributed by atoms with Crippen molar-refractivity contribution >= 4 is 5.69 Å². The van der Waals surface area contributed by atoms with Gasteiger partial charge in [0.25, 0.3) is 0 Å².